The molecule has 0 radical (unpaired) electrons. The average molecular weight is 332 g/mol. The molecule has 1 unspecified atom stereocenters. The molecule has 128 valence electrons. The third kappa shape index (κ3) is 3.90. The van der Waals surface area contributed by atoms with Gasteiger partial charge in [0.25, 0.3) is 0 Å². The van der Waals surface area contributed by atoms with Gasteiger partial charge in [0.1, 0.15) is 11.4 Å². The van der Waals surface area contributed by atoms with Gasteiger partial charge in [-0.1, -0.05) is 0 Å². The van der Waals surface area contributed by atoms with Crippen molar-refractivity contribution in [1.29, 1.82) is 0 Å². The molecule has 0 bridgehead atoms. The minimum Gasteiger partial charge on any atom is -0.444 e. The SMILES string of the molecule is CC(C)(C)OC(=O)N1CCC(Nc2ncc3cc(F)ccc3n2)C1. The molecule has 3 rings (SSSR count). The number of nitrogens with one attached hydrogen (secondary N) is 1. The number of hydrogen-bond donors (Lipinski definition) is 1. The Bertz CT molecular complexity index is 760. The molecule has 0 spiro atoms. The van der Waals surface area contributed by atoms with Crippen LogP contribution in [0.5, 0.6) is 0 Å². The Morgan fingerprint density at radius 1 is 1.42 bits per heavy atom. The summed E-state index contributed by atoms with van der Waals surface area (Å²) >= 11 is 0. The van der Waals surface area contributed by atoms with Crippen LogP contribution in [0.2, 0.25) is 0 Å². The van der Waals surface area contributed by atoms with Gasteiger partial charge in [-0.15, -0.1) is 0 Å². The lowest BCUT2D eigenvalue weighted by Crippen LogP contribution is -2.36. The van der Waals surface area contributed by atoms with Gasteiger partial charge in [-0.25, -0.2) is 19.2 Å². The molecule has 1 fully saturated rings. The number of rotatable bonds is 2. The standard InChI is InChI=1S/C17H21FN4O2/c1-17(2,3)24-16(23)22-7-6-13(10-22)20-15-19-9-11-8-12(18)4-5-14(11)21-15/h4-5,8-9,13H,6-7,10H2,1-3H3,(H,19,20,21). The normalized spacial score (nSPS) is 18.0. The lowest BCUT2D eigenvalue weighted by atomic mass is 10.2. The predicted molar refractivity (Wildman–Crippen MR) is 89.3 cm³/mol. The van der Waals surface area contributed by atoms with Crippen molar-refractivity contribution in [3.8, 4) is 0 Å². The van der Waals surface area contributed by atoms with E-state index < -0.39 is 5.60 Å². The van der Waals surface area contributed by atoms with Gasteiger partial charge in [-0.3, -0.25) is 0 Å². The van der Waals surface area contributed by atoms with Gasteiger partial charge in [0.05, 0.1) is 5.52 Å². The molecule has 1 aromatic carbocycles. The summed E-state index contributed by atoms with van der Waals surface area (Å²) in [5.74, 6) is 0.167. The van der Waals surface area contributed by atoms with Crippen molar-refractivity contribution in [3.05, 3.63) is 30.2 Å². The Morgan fingerprint density at radius 3 is 2.96 bits per heavy atom. The van der Waals surface area contributed by atoms with Gasteiger partial charge < -0.3 is 15.0 Å². The van der Waals surface area contributed by atoms with Crippen molar-refractivity contribution in [2.75, 3.05) is 18.4 Å². The van der Waals surface area contributed by atoms with Crippen molar-refractivity contribution in [3.63, 3.8) is 0 Å². The first kappa shape index (κ1) is 16.4. The number of fused-ring (bicyclic) bond motifs is 1. The van der Waals surface area contributed by atoms with Crippen LogP contribution in [-0.4, -0.2) is 45.7 Å². The minimum atomic E-state index is -0.501. The van der Waals surface area contributed by atoms with Crippen LogP contribution in [0.25, 0.3) is 10.9 Å². The van der Waals surface area contributed by atoms with Crippen LogP contribution in [0.4, 0.5) is 15.1 Å². The van der Waals surface area contributed by atoms with Gasteiger partial charge in [-0.05, 0) is 45.4 Å². The second kappa shape index (κ2) is 6.22. The van der Waals surface area contributed by atoms with Crippen LogP contribution >= 0.6 is 0 Å². The van der Waals surface area contributed by atoms with Crippen LogP contribution < -0.4 is 5.32 Å². The number of aromatic nitrogens is 2. The van der Waals surface area contributed by atoms with E-state index in [9.17, 15) is 9.18 Å². The van der Waals surface area contributed by atoms with E-state index >= 15 is 0 Å². The fraction of sp³-hybridized carbons (Fsp3) is 0.471. The molecule has 1 N–H and O–H groups in total. The summed E-state index contributed by atoms with van der Waals surface area (Å²) in [6.07, 6.45) is 2.08. The number of benzene rings is 1. The number of halogens is 1. The van der Waals surface area contributed by atoms with E-state index in [1.807, 2.05) is 20.8 Å². The fourth-order valence-corrected chi connectivity index (χ4v) is 2.63. The van der Waals surface area contributed by atoms with Crippen LogP contribution in [0.15, 0.2) is 24.4 Å². The zero-order valence-corrected chi connectivity index (χ0v) is 14.0. The Balaban J connectivity index is 1.63. The average Bonchev–Trinajstić information content (AvgIpc) is 2.94. The number of carbonyl (C=O) groups is 1. The van der Waals surface area contributed by atoms with Crippen molar-refractivity contribution in [1.82, 2.24) is 14.9 Å². The van der Waals surface area contributed by atoms with Gasteiger partial charge in [0.15, 0.2) is 0 Å². The minimum absolute atomic E-state index is 0.0652. The van der Waals surface area contributed by atoms with Crippen LogP contribution in [-0.2, 0) is 4.74 Å². The monoisotopic (exact) mass is 332 g/mol. The van der Waals surface area contributed by atoms with Crippen LogP contribution in [0.3, 0.4) is 0 Å². The third-order valence-corrected chi connectivity index (χ3v) is 3.72. The molecular weight excluding hydrogens is 311 g/mol. The summed E-state index contributed by atoms with van der Waals surface area (Å²) in [7, 11) is 0. The van der Waals surface area contributed by atoms with E-state index in [2.05, 4.69) is 15.3 Å². The quantitative estimate of drug-likeness (QED) is 0.915. The van der Waals surface area contributed by atoms with Crippen molar-refractivity contribution in [2.24, 2.45) is 0 Å². The molecule has 2 aromatic rings. The molecule has 1 aromatic heterocycles. The molecule has 1 atom stereocenters. The number of carbonyl (C=O) groups excluding carboxylic acids is 1. The van der Waals surface area contributed by atoms with E-state index in [0.717, 1.165) is 6.42 Å². The Kier molecular flexibility index (Phi) is 4.26. The number of likely N-dealkylation sites (tertiary alicyclic amines) is 1. The molecule has 2 heterocycles. The van der Waals surface area contributed by atoms with Gasteiger partial charge in [-0.2, -0.15) is 0 Å². The Morgan fingerprint density at radius 2 is 2.21 bits per heavy atom. The molecule has 0 aliphatic carbocycles. The van der Waals surface area contributed by atoms with E-state index in [0.29, 0.717) is 29.9 Å². The number of ether oxygens (including phenoxy) is 1. The van der Waals surface area contributed by atoms with Crippen LogP contribution in [0.1, 0.15) is 27.2 Å². The highest BCUT2D eigenvalue weighted by Gasteiger charge is 2.30. The molecule has 0 saturated carbocycles. The summed E-state index contributed by atoms with van der Waals surface area (Å²) in [5.41, 5.74) is 0.176. The number of anilines is 1. The highest BCUT2D eigenvalue weighted by atomic mass is 19.1. The van der Waals surface area contributed by atoms with Gasteiger partial charge >= 0.3 is 6.09 Å². The Hall–Kier alpha value is -2.44. The van der Waals surface area contributed by atoms with Crippen molar-refractivity contribution >= 4 is 22.9 Å². The molecule has 6 nitrogen and oxygen atoms in total. The lowest BCUT2D eigenvalue weighted by molar-refractivity contribution is 0.0293. The maximum atomic E-state index is 13.2. The summed E-state index contributed by atoms with van der Waals surface area (Å²) in [6, 6.07) is 4.47. The summed E-state index contributed by atoms with van der Waals surface area (Å²) in [6.45, 7) is 6.72. The summed E-state index contributed by atoms with van der Waals surface area (Å²) < 4.78 is 18.6. The summed E-state index contributed by atoms with van der Waals surface area (Å²) in [5, 5.41) is 3.88. The van der Waals surface area contributed by atoms with Gasteiger partial charge in [0, 0.05) is 30.7 Å². The summed E-state index contributed by atoms with van der Waals surface area (Å²) in [4.78, 5) is 22.4. The number of amides is 1. The van der Waals surface area contributed by atoms with Crippen molar-refractivity contribution < 1.29 is 13.9 Å². The zero-order valence-electron chi connectivity index (χ0n) is 14.0. The second-order valence-electron chi connectivity index (χ2n) is 6.95. The first-order valence-corrected chi connectivity index (χ1v) is 7.97. The highest BCUT2D eigenvalue weighted by Crippen LogP contribution is 2.19. The highest BCUT2D eigenvalue weighted by molar-refractivity contribution is 5.78. The molecule has 1 saturated heterocycles. The van der Waals surface area contributed by atoms with Crippen LogP contribution in [0, 0.1) is 5.82 Å². The van der Waals surface area contributed by atoms with Crippen molar-refractivity contribution in [2.45, 2.75) is 38.8 Å². The first-order chi connectivity index (χ1) is 11.3. The first-order valence-electron chi connectivity index (χ1n) is 7.97. The molecule has 1 aliphatic rings. The fourth-order valence-electron chi connectivity index (χ4n) is 2.63. The Labute approximate surface area is 140 Å². The maximum absolute atomic E-state index is 13.2. The van der Waals surface area contributed by atoms with E-state index in [1.165, 1.54) is 12.1 Å². The smallest absolute Gasteiger partial charge is 0.410 e. The molecule has 1 amide bonds. The third-order valence-electron chi connectivity index (χ3n) is 3.72. The number of nitrogens with zero attached hydrogens (tertiary/aromatic N) is 3. The van der Waals surface area contributed by atoms with E-state index in [-0.39, 0.29) is 18.0 Å². The lowest BCUT2D eigenvalue weighted by Gasteiger charge is -2.24. The topological polar surface area (TPSA) is 67.3 Å². The van der Waals surface area contributed by atoms with E-state index in [4.69, 9.17) is 4.74 Å². The largest absolute Gasteiger partial charge is 0.444 e. The predicted octanol–water partition coefficient (Wildman–Crippen LogP) is 3.19. The zero-order chi connectivity index (χ0) is 17.3. The number of hydrogen-bond acceptors (Lipinski definition) is 5. The second-order valence-corrected chi connectivity index (χ2v) is 6.95. The molecule has 24 heavy (non-hydrogen) atoms. The van der Waals surface area contributed by atoms with E-state index in [1.54, 1.807) is 17.2 Å². The molecular formula is C17H21FN4O2. The molecule has 7 heteroatoms. The maximum Gasteiger partial charge on any atom is 0.410 e. The molecule has 1 aliphatic heterocycles. The van der Waals surface area contributed by atoms with Gasteiger partial charge in [0.2, 0.25) is 5.95 Å².